The van der Waals surface area contributed by atoms with Crippen molar-refractivity contribution in [1.82, 2.24) is 20.8 Å². The molecular weight excluding hydrogens is 445 g/mol. The molecule has 0 saturated heterocycles. The van der Waals surface area contributed by atoms with Crippen molar-refractivity contribution < 1.29 is 12.9 Å². The first-order chi connectivity index (χ1) is 10.8. The van der Waals surface area contributed by atoms with Gasteiger partial charge in [0.05, 0.1) is 5.75 Å². The highest BCUT2D eigenvalue weighted by Crippen LogP contribution is 2.00. The molecule has 140 valence electrons. The predicted molar refractivity (Wildman–Crippen MR) is 106 cm³/mol. The van der Waals surface area contributed by atoms with Gasteiger partial charge in [-0.2, -0.15) is 4.98 Å². The summed E-state index contributed by atoms with van der Waals surface area (Å²) in [6.45, 7) is 7.08. The van der Waals surface area contributed by atoms with E-state index in [-0.39, 0.29) is 35.8 Å². The zero-order chi connectivity index (χ0) is 17.3. The molecule has 0 spiro atoms. The SMILES string of the molecule is CCNC(=NCCCc1nc(C)no1)NC(C)CCS(C)(=O)=O.I. The molecule has 10 heteroatoms. The summed E-state index contributed by atoms with van der Waals surface area (Å²) in [5, 5.41) is 10.1. The third kappa shape index (κ3) is 10.8. The molecule has 24 heavy (non-hydrogen) atoms. The lowest BCUT2D eigenvalue weighted by Crippen LogP contribution is -2.42. The summed E-state index contributed by atoms with van der Waals surface area (Å²) in [5.41, 5.74) is 0. The summed E-state index contributed by atoms with van der Waals surface area (Å²) in [7, 11) is -2.94. The Morgan fingerprint density at radius 2 is 2.12 bits per heavy atom. The number of sulfone groups is 1. The minimum Gasteiger partial charge on any atom is -0.357 e. The highest BCUT2D eigenvalue weighted by atomic mass is 127. The van der Waals surface area contributed by atoms with Gasteiger partial charge in [0.1, 0.15) is 9.84 Å². The summed E-state index contributed by atoms with van der Waals surface area (Å²) in [4.78, 5) is 8.62. The second kappa shape index (κ2) is 11.6. The third-order valence-corrected chi connectivity index (χ3v) is 4.01. The van der Waals surface area contributed by atoms with Gasteiger partial charge in [-0.1, -0.05) is 5.16 Å². The van der Waals surface area contributed by atoms with E-state index in [0.29, 0.717) is 37.1 Å². The Bertz CT molecular complexity index is 603. The number of rotatable bonds is 9. The number of halogens is 1. The van der Waals surface area contributed by atoms with Gasteiger partial charge in [0.2, 0.25) is 5.89 Å². The Morgan fingerprint density at radius 1 is 1.42 bits per heavy atom. The van der Waals surface area contributed by atoms with Gasteiger partial charge in [-0.25, -0.2) is 8.42 Å². The van der Waals surface area contributed by atoms with E-state index in [1.807, 2.05) is 13.8 Å². The Morgan fingerprint density at radius 3 is 2.67 bits per heavy atom. The zero-order valence-electron chi connectivity index (χ0n) is 14.7. The fraction of sp³-hybridized carbons (Fsp3) is 0.786. The maximum atomic E-state index is 11.2. The van der Waals surface area contributed by atoms with Gasteiger partial charge >= 0.3 is 0 Å². The van der Waals surface area contributed by atoms with Crippen LogP contribution in [0.3, 0.4) is 0 Å². The topological polar surface area (TPSA) is 109 Å². The number of aromatic nitrogens is 2. The first-order valence-corrected chi connectivity index (χ1v) is 9.88. The average Bonchev–Trinajstić information content (AvgIpc) is 2.86. The number of nitrogens with zero attached hydrogens (tertiary/aromatic N) is 3. The van der Waals surface area contributed by atoms with Crippen molar-refractivity contribution in [3.05, 3.63) is 11.7 Å². The quantitative estimate of drug-likeness (QED) is 0.241. The lowest BCUT2D eigenvalue weighted by molar-refractivity contribution is 0.372. The Balaban J connectivity index is 0.00000529. The van der Waals surface area contributed by atoms with Crippen LogP contribution in [0.5, 0.6) is 0 Å². The van der Waals surface area contributed by atoms with Crippen molar-refractivity contribution in [3.63, 3.8) is 0 Å². The Kier molecular flexibility index (Phi) is 11.2. The van der Waals surface area contributed by atoms with Crippen LogP contribution in [0.2, 0.25) is 0 Å². The van der Waals surface area contributed by atoms with Crippen LogP contribution in [0.1, 0.15) is 38.4 Å². The van der Waals surface area contributed by atoms with Crippen molar-refractivity contribution in [2.75, 3.05) is 25.1 Å². The highest BCUT2D eigenvalue weighted by molar-refractivity contribution is 14.0. The Hall–Kier alpha value is -0.910. The minimum absolute atomic E-state index is 0. The van der Waals surface area contributed by atoms with Crippen LogP contribution in [0.4, 0.5) is 0 Å². The van der Waals surface area contributed by atoms with Crippen LogP contribution in [-0.4, -0.2) is 55.7 Å². The molecular formula is C14H28IN5O3S. The summed E-state index contributed by atoms with van der Waals surface area (Å²) < 4.78 is 27.5. The molecule has 1 heterocycles. The number of aliphatic imine (C=N–C) groups is 1. The number of hydrogen-bond donors (Lipinski definition) is 2. The molecule has 1 aromatic rings. The van der Waals surface area contributed by atoms with E-state index in [1.54, 1.807) is 6.92 Å². The van der Waals surface area contributed by atoms with Gasteiger partial charge in [0.25, 0.3) is 0 Å². The van der Waals surface area contributed by atoms with E-state index >= 15 is 0 Å². The smallest absolute Gasteiger partial charge is 0.226 e. The van der Waals surface area contributed by atoms with Crippen LogP contribution in [0, 0.1) is 6.92 Å². The molecule has 2 N–H and O–H groups in total. The van der Waals surface area contributed by atoms with E-state index in [1.165, 1.54) is 6.26 Å². The van der Waals surface area contributed by atoms with Crippen molar-refractivity contribution in [1.29, 1.82) is 0 Å². The monoisotopic (exact) mass is 473 g/mol. The molecule has 0 amide bonds. The molecule has 1 aromatic heterocycles. The normalized spacial score (nSPS) is 13.2. The fourth-order valence-electron chi connectivity index (χ4n) is 1.88. The number of aryl methyl sites for hydroxylation is 2. The maximum absolute atomic E-state index is 11.2. The van der Waals surface area contributed by atoms with Crippen molar-refractivity contribution in [3.8, 4) is 0 Å². The minimum atomic E-state index is -2.94. The van der Waals surface area contributed by atoms with Crippen LogP contribution < -0.4 is 10.6 Å². The highest BCUT2D eigenvalue weighted by Gasteiger charge is 2.09. The summed E-state index contributed by atoms with van der Waals surface area (Å²) >= 11 is 0. The van der Waals surface area contributed by atoms with Gasteiger partial charge in [0, 0.05) is 31.8 Å². The molecule has 0 aromatic carbocycles. The molecule has 0 aliphatic carbocycles. The van der Waals surface area contributed by atoms with E-state index < -0.39 is 9.84 Å². The number of hydrogen-bond acceptors (Lipinski definition) is 6. The second-order valence-electron chi connectivity index (χ2n) is 5.56. The molecule has 0 fully saturated rings. The maximum Gasteiger partial charge on any atom is 0.226 e. The molecule has 0 aliphatic heterocycles. The second-order valence-corrected chi connectivity index (χ2v) is 7.82. The largest absolute Gasteiger partial charge is 0.357 e. The molecule has 0 radical (unpaired) electrons. The summed E-state index contributed by atoms with van der Waals surface area (Å²) in [5.74, 6) is 2.11. The van der Waals surface area contributed by atoms with Crippen LogP contribution >= 0.6 is 24.0 Å². The fourth-order valence-corrected chi connectivity index (χ4v) is 2.66. The van der Waals surface area contributed by atoms with Gasteiger partial charge in [-0.3, -0.25) is 4.99 Å². The third-order valence-electron chi connectivity index (χ3n) is 3.04. The molecule has 8 nitrogen and oxygen atoms in total. The molecule has 1 rings (SSSR count). The lowest BCUT2D eigenvalue weighted by atomic mass is 10.3. The van der Waals surface area contributed by atoms with Crippen molar-refractivity contribution >= 4 is 39.8 Å². The van der Waals surface area contributed by atoms with E-state index in [2.05, 4.69) is 25.8 Å². The van der Waals surface area contributed by atoms with Crippen LogP contribution in [0.25, 0.3) is 0 Å². The molecule has 1 unspecified atom stereocenters. The van der Waals surface area contributed by atoms with Gasteiger partial charge in [0.15, 0.2) is 11.8 Å². The number of nitrogens with one attached hydrogen (secondary N) is 2. The lowest BCUT2D eigenvalue weighted by Gasteiger charge is -2.17. The van der Waals surface area contributed by atoms with E-state index in [9.17, 15) is 8.42 Å². The van der Waals surface area contributed by atoms with Crippen molar-refractivity contribution in [2.24, 2.45) is 4.99 Å². The number of guanidine groups is 1. The standard InChI is InChI=1S/C14H27N5O3S.HI/c1-5-15-14(17-11(2)8-10-23(4,20)21)16-9-6-7-13-18-12(3)19-22-13;/h11H,5-10H2,1-4H3,(H2,15,16,17);1H. The molecule has 1 atom stereocenters. The first-order valence-electron chi connectivity index (χ1n) is 7.82. The average molecular weight is 473 g/mol. The predicted octanol–water partition coefficient (Wildman–Crippen LogP) is 1.31. The van der Waals surface area contributed by atoms with Crippen LogP contribution in [0.15, 0.2) is 9.52 Å². The molecule has 0 aliphatic rings. The molecule has 0 bridgehead atoms. The summed E-state index contributed by atoms with van der Waals surface area (Å²) in [6, 6.07) is 0.0288. The molecule has 0 saturated carbocycles. The Labute approximate surface area is 161 Å². The van der Waals surface area contributed by atoms with Gasteiger partial charge in [-0.05, 0) is 33.6 Å². The zero-order valence-corrected chi connectivity index (χ0v) is 17.8. The van der Waals surface area contributed by atoms with E-state index in [4.69, 9.17) is 4.52 Å². The van der Waals surface area contributed by atoms with Gasteiger partial charge < -0.3 is 15.2 Å². The first kappa shape index (κ1) is 23.1. The van der Waals surface area contributed by atoms with E-state index in [0.717, 1.165) is 13.0 Å². The summed E-state index contributed by atoms with van der Waals surface area (Å²) in [6.07, 6.45) is 3.28. The van der Waals surface area contributed by atoms with Crippen molar-refractivity contribution in [2.45, 2.75) is 46.1 Å². The van der Waals surface area contributed by atoms with Crippen LogP contribution in [-0.2, 0) is 16.3 Å². The van der Waals surface area contributed by atoms with Gasteiger partial charge in [-0.15, -0.1) is 24.0 Å².